The maximum absolute atomic E-state index is 11.9. The van der Waals surface area contributed by atoms with E-state index >= 15 is 0 Å². The van der Waals surface area contributed by atoms with Gasteiger partial charge < -0.3 is 0 Å². The molecule has 0 aliphatic heterocycles. The molecule has 0 aromatic heterocycles. The van der Waals surface area contributed by atoms with Crippen molar-refractivity contribution in [2.75, 3.05) is 5.75 Å². The van der Waals surface area contributed by atoms with Crippen LogP contribution in [0.2, 0.25) is 0 Å². The molecule has 2 aromatic rings. The fourth-order valence-corrected chi connectivity index (χ4v) is 2.84. The van der Waals surface area contributed by atoms with Crippen LogP contribution in [0.3, 0.4) is 0 Å². The van der Waals surface area contributed by atoms with Crippen LogP contribution < -0.4 is 0 Å². The van der Waals surface area contributed by atoms with E-state index in [9.17, 15) is 4.79 Å². The highest BCUT2D eigenvalue weighted by Gasteiger charge is 2.04. The summed E-state index contributed by atoms with van der Waals surface area (Å²) in [5.74, 6) is 1.21. The molecule has 0 N–H and O–H groups in total. The van der Waals surface area contributed by atoms with Crippen LogP contribution in [-0.2, 0) is 0 Å². The van der Waals surface area contributed by atoms with Crippen molar-refractivity contribution in [2.45, 2.75) is 17.7 Å². The van der Waals surface area contributed by atoms with Gasteiger partial charge in [0.05, 0.1) is 0 Å². The van der Waals surface area contributed by atoms with E-state index in [1.165, 1.54) is 4.90 Å². The van der Waals surface area contributed by atoms with Crippen molar-refractivity contribution in [3.05, 3.63) is 64.6 Å². The van der Waals surface area contributed by atoms with Gasteiger partial charge in [0.25, 0.3) is 0 Å². The number of benzene rings is 2. The number of rotatable bonds is 6. The molecule has 0 unspecified atom stereocenters. The first kappa shape index (κ1) is 14.4. The van der Waals surface area contributed by atoms with E-state index in [0.29, 0.717) is 6.42 Å². The van der Waals surface area contributed by atoms with Gasteiger partial charge in [-0.15, -0.1) is 11.8 Å². The van der Waals surface area contributed by atoms with Gasteiger partial charge in [-0.05, 0) is 36.4 Å². The Morgan fingerprint density at radius 1 is 1.00 bits per heavy atom. The Labute approximate surface area is 126 Å². The normalized spacial score (nSPS) is 10.4. The predicted molar refractivity (Wildman–Crippen MR) is 84.9 cm³/mol. The number of ketones is 1. The molecule has 19 heavy (non-hydrogen) atoms. The highest BCUT2D eigenvalue weighted by molar-refractivity contribution is 9.10. The third kappa shape index (κ3) is 4.84. The van der Waals surface area contributed by atoms with Crippen LogP contribution in [0, 0.1) is 0 Å². The SMILES string of the molecule is O=C(CCCSc1ccc(Br)cc1)c1ccccc1. The second-order valence-corrected chi connectivity index (χ2v) is 6.28. The number of halogens is 1. The number of hydrogen-bond donors (Lipinski definition) is 0. The highest BCUT2D eigenvalue weighted by atomic mass is 79.9. The number of Topliss-reactive ketones (excluding diaryl/α,β-unsaturated/α-hetero) is 1. The molecule has 1 nitrogen and oxygen atoms in total. The van der Waals surface area contributed by atoms with Crippen molar-refractivity contribution in [1.29, 1.82) is 0 Å². The van der Waals surface area contributed by atoms with Gasteiger partial charge in [0.2, 0.25) is 0 Å². The van der Waals surface area contributed by atoms with E-state index in [-0.39, 0.29) is 5.78 Å². The molecule has 0 atom stereocenters. The fraction of sp³-hybridized carbons (Fsp3) is 0.188. The Kier molecular flexibility index (Phi) is 5.67. The zero-order valence-electron chi connectivity index (χ0n) is 10.5. The minimum Gasteiger partial charge on any atom is -0.294 e. The Bertz CT molecular complexity index is 522. The lowest BCUT2D eigenvalue weighted by Gasteiger charge is -2.02. The molecule has 0 aliphatic carbocycles. The van der Waals surface area contributed by atoms with Gasteiger partial charge in [0.15, 0.2) is 5.78 Å². The first-order chi connectivity index (χ1) is 9.25. The van der Waals surface area contributed by atoms with Gasteiger partial charge in [0.1, 0.15) is 0 Å². The predicted octanol–water partition coefficient (Wildman–Crippen LogP) is 5.20. The van der Waals surface area contributed by atoms with E-state index in [1.54, 1.807) is 11.8 Å². The number of carbonyl (C=O) groups is 1. The summed E-state index contributed by atoms with van der Waals surface area (Å²) >= 11 is 5.21. The molecule has 0 spiro atoms. The van der Waals surface area contributed by atoms with E-state index in [1.807, 2.05) is 42.5 Å². The lowest BCUT2D eigenvalue weighted by Crippen LogP contribution is -1.99. The Balaban J connectivity index is 1.72. The van der Waals surface area contributed by atoms with Crippen molar-refractivity contribution in [2.24, 2.45) is 0 Å². The lowest BCUT2D eigenvalue weighted by molar-refractivity contribution is 0.0982. The summed E-state index contributed by atoms with van der Waals surface area (Å²) < 4.78 is 1.09. The molecular weight excluding hydrogens is 320 g/mol. The summed E-state index contributed by atoms with van der Waals surface area (Å²) in [6.07, 6.45) is 1.53. The van der Waals surface area contributed by atoms with Gasteiger partial charge in [-0.25, -0.2) is 0 Å². The van der Waals surface area contributed by atoms with Gasteiger partial charge in [-0.3, -0.25) is 4.79 Å². The molecule has 0 radical (unpaired) electrons. The van der Waals surface area contributed by atoms with E-state index in [2.05, 4.69) is 28.1 Å². The van der Waals surface area contributed by atoms with E-state index in [4.69, 9.17) is 0 Å². The minimum atomic E-state index is 0.233. The molecule has 2 aromatic carbocycles. The van der Waals surface area contributed by atoms with Crippen molar-refractivity contribution >= 4 is 33.5 Å². The standard InChI is InChI=1S/C16H15BrOS/c17-14-8-10-15(11-9-14)19-12-4-7-16(18)13-5-2-1-3-6-13/h1-3,5-6,8-11H,4,7,12H2. The Morgan fingerprint density at radius 2 is 1.68 bits per heavy atom. The average molecular weight is 335 g/mol. The molecular formula is C16H15BrOS. The quantitative estimate of drug-likeness (QED) is 0.410. The van der Waals surface area contributed by atoms with Crippen molar-refractivity contribution < 1.29 is 4.79 Å². The molecule has 0 fully saturated rings. The van der Waals surface area contributed by atoms with E-state index < -0.39 is 0 Å². The Hall–Kier alpha value is -1.06. The van der Waals surface area contributed by atoms with Crippen LogP contribution in [0.25, 0.3) is 0 Å². The van der Waals surface area contributed by atoms with Gasteiger partial charge in [-0.1, -0.05) is 46.3 Å². The Morgan fingerprint density at radius 3 is 2.37 bits per heavy atom. The third-order valence-electron chi connectivity index (χ3n) is 2.73. The van der Waals surface area contributed by atoms with Gasteiger partial charge in [0, 0.05) is 21.4 Å². The number of thioether (sulfide) groups is 1. The largest absolute Gasteiger partial charge is 0.294 e. The average Bonchev–Trinajstić information content (AvgIpc) is 2.46. The summed E-state index contributed by atoms with van der Waals surface area (Å²) in [4.78, 5) is 13.1. The first-order valence-electron chi connectivity index (χ1n) is 6.22. The summed E-state index contributed by atoms with van der Waals surface area (Å²) in [6, 6.07) is 17.8. The molecule has 0 amide bonds. The summed E-state index contributed by atoms with van der Waals surface area (Å²) in [7, 11) is 0. The third-order valence-corrected chi connectivity index (χ3v) is 4.35. The smallest absolute Gasteiger partial charge is 0.162 e. The maximum Gasteiger partial charge on any atom is 0.162 e. The van der Waals surface area contributed by atoms with Crippen molar-refractivity contribution in [3.63, 3.8) is 0 Å². The summed E-state index contributed by atoms with van der Waals surface area (Å²) in [5.41, 5.74) is 0.816. The number of hydrogen-bond acceptors (Lipinski definition) is 2. The van der Waals surface area contributed by atoms with Crippen molar-refractivity contribution in [3.8, 4) is 0 Å². The number of carbonyl (C=O) groups excluding carboxylic acids is 1. The zero-order valence-corrected chi connectivity index (χ0v) is 12.9. The molecule has 98 valence electrons. The molecule has 0 saturated heterocycles. The first-order valence-corrected chi connectivity index (χ1v) is 8.00. The topological polar surface area (TPSA) is 17.1 Å². The van der Waals surface area contributed by atoms with Crippen LogP contribution in [0.15, 0.2) is 64.0 Å². The molecule has 2 rings (SSSR count). The molecule has 3 heteroatoms. The van der Waals surface area contributed by atoms with Crippen LogP contribution >= 0.6 is 27.7 Å². The maximum atomic E-state index is 11.9. The molecule has 0 saturated carbocycles. The lowest BCUT2D eigenvalue weighted by atomic mass is 10.1. The second kappa shape index (κ2) is 7.51. The molecule has 0 heterocycles. The molecule has 0 aliphatic rings. The minimum absolute atomic E-state index is 0.233. The fourth-order valence-electron chi connectivity index (χ4n) is 1.72. The van der Waals surface area contributed by atoms with E-state index in [0.717, 1.165) is 22.2 Å². The van der Waals surface area contributed by atoms with Crippen LogP contribution in [0.5, 0.6) is 0 Å². The summed E-state index contributed by atoms with van der Waals surface area (Å²) in [5, 5.41) is 0. The van der Waals surface area contributed by atoms with Crippen LogP contribution in [0.1, 0.15) is 23.2 Å². The van der Waals surface area contributed by atoms with Crippen LogP contribution in [0.4, 0.5) is 0 Å². The highest BCUT2D eigenvalue weighted by Crippen LogP contribution is 2.21. The van der Waals surface area contributed by atoms with Crippen molar-refractivity contribution in [1.82, 2.24) is 0 Å². The molecule has 0 bridgehead atoms. The summed E-state index contributed by atoms with van der Waals surface area (Å²) in [6.45, 7) is 0. The van der Waals surface area contributed by atoms with Gasteiger partial charge in [-0.2, -0.15) is 0 Å². The monoisotopic (exact) mass is 334 g/mol. The second-order valence-electron chi connectivity index (χ2n) is 4.20. The zero-order chi connectivity index (χ0) is 13.5. The van der Waals surface area contributed by atoms with Crippen LogP contribution in [-0.4, -0.2) is 11.5 Å². The van der Waals surface area contributed by atoms with Gasteiger partial charge >= 0.3 is 0 Å².